The number of carbonyl (C=O) groups excluding carboxylic acids is 1. The highest BCUT2D eigenvalue weighted by Crippen LogP contribution is 2.19. The Morgan fingerprint density at radius 3 is 2.49 bits per heavy atom. The van der Waals surface area contributed by atoms with Crippen molar-refractivity contribution in [1.29, 1.82) is 0 Å². The summed E-state index contributed by atoms with van der Waals surface area (Å²) >= 11 is 0. The number of nitrogens with zero attached hydrogens (tertiary/aromatic N) is 2. The van der Waals surface area contributed by atoms with Crippen LogP contribution in [0.5, 0.6) is 0 Å². The quantitative estimate of drug-likeness (QED) is 0.284. The molecule has 4 rings (SSSR count). The van der Waals surface area contributed by atoms with Crippen molar-refractivity contribution >= 4 is 42.4 Å². The zero-order chi connectivity index (χ0) is 24.6. The average molecular weight is 464 g/mol. The van der Waals surface area contributed by atoms with E-state index in [0.29, 0.717) is 24.6 Å². The predicted octanol–water partition coefficient (Wildman–Crippen LogP) is 2.91. The van der Waals surface area contributed by atoms with E-state index in [1.807, 2.05) is 62.4 Å². The Morgan fingerprint density at radius 1 is 0.971 bits per heavy atom. The van der Waals surface area contributed by atoms with E-state index in [2.05, 4.69) is 57.1 Å². The summed E-state index contributed by atoms with van der Waals surface area (Å²) in [7, 11) is 1.97. The molecule has 1 heterocycles. The first-order valence-corrected chi connectivity index (χ1v) is 11.6. The van der Waals surface area contributed by atoms with Gasteiger partial charge in [-0.05, 0) is 48.1 Å². The molecule has 1 amide bonds. The Bertz CT molecular complexity index is 1280. The van der Waals surface area contributed by atoms with Crippen molar-refractivity contribution in [3.8, 4) is 0 Å². The number of nitrogens with one attached hydrogen (secondary N) is 3. The molecule has 0 saturated carbocycles. The molecule has 1 atom stereocenters. The van der Waals surface area contributed by atoms with Crippen molar-refractivity contribution in [2.75, 3.05) is 16.0 Å². The maximum atomic E-state index is 12.6. The maximum Gasteiger partial charge on any atom is 0.241 e. The molecule has 4 aromatic rings. The third-order valence-corrected chi connectivity index (χ3v) is 5.57. The van der Waals surface area contributed by atoms with Gasteiger partial charge in [-0.15, -0.1) is 0 Å². The monoisotopic (exact) mass is 464 g/mol. The Morgan fingerprint density at radius 2 is 1.71 bits per heavy atom. The molecule has 3 aromatic carbocycles. The Kier molecular flexibility index (Phi) is 7.75. The average Bonchev–Trinajstić information content (AvgIpc) is 2.86. The lowest BCUT2D eigenvalue weighted by Gasteiger charge is -2.14. The summed E-state index contributed by atoms with van der Waals surface area (Å²) in [5, 5.41) is 9.49. The molecule has 5 N–H and O–H groups in total. The number of anilines is 4. The number of rotatable bonds is 9. The summed E-state index contributed by atoms with van der Waals surface area (Å²) in [5.74, 6) is 0.992. The Hall–Kier alpha value is -4.17. The molecule has 1 aromatic heterocycles. The third kappa shape index (κ3) is 6.91. The highest BCUT2D eigenvalue weighted by molar-refractivity contribution is 6.35. The van der Waals surface area contributed by atoms with Crippen LogP contribution in [-0.2, 0) is 17.8 Å². The van der Waals surface area contributed by atoms with Gasteiger partial charge in [-0.1, -0.05) is 66.2 Å². The van der Waals surface area contributed by atoms with Crippen molar-refractivity contribution in [3.63, 3.8) is 0 Å². The van der Waals surface area contributed by atoms with Gasteiger partial charge in [-0.25, -0.2) is 4.98 Å². The van der Waals surface area contributed by atoms with Crippen LogP contribution in [0.1, 0.15) is 16.7 Å². The van der Waals surface area contributed by atoms with E-state index in [0.717, 1.165) is 22.5 Å². The molecule has 35 heavy (non-hydrogen) atoms. The van der Waals surface area contributed by atoms with Gasteiger partial charge in [0.2, 0.25) is 11.9 Å². The van der Waals surface area contributed by atoms with Crippen LogP contribution in [0.15, 0.2) is 85.1 Å². The van der Waals surface area contributed by atoms with Gasteiger partial charge in [0.1, 0.15) is 13.7 Å². The van der Waals surface area contributed by atoms with E-state index in [4.69, 9.17) is 5.73 Å². The van der Waals surface area contributed by atoms with Crippen LogP contribution in [0.25, 0.3) is 0 Å². The first kappa shape index (κ1) is 24.0. The van der Waals surface area contributed by atoms with Crippen LogP contribution in [0, 0.1) is 6.92 Å². The van der Waals surface area contributed by atoms with E-state index in [1.165, 1.54) is 11.1 Å². The molecule has 7 nitrogen and oxygen atoms in total. The second-order valence-corrected chi connectivity index (χ2v) is 8.56. The lowest BCUT2D eigenvalue weighted by atomic mass is 9.99. The Balaban J connectivity index is 1.38. The summed E-state index contributed by atoms with van der Waals surface area (Å²) in [6.07, 6.45) is 2.25. The standard InChI is InChI=1S/C27H29BN6O/c1-18-10-12-20(13-11-18)16-30-25-23(28)17-31-27(34-25)33-22-9-5-8-21(15-22)32-26(35)24(29)14-19-6-3-2-4-7-19/h2-13,15,17,24H,14,16,28-29H2,1H3,(H,32,35)(H2,30,31,33,34). The molecule has 176 valence electrons. The van der Waals surface area contributed by atoms with Gasteiger partial charge < -0.3 is 21.7 Å². The van der Waals surface area contributed by atoms with E-state index in [9.17, 15) is 4.79 Å². The normalized spacial score (nSPS) is 11.5. The molecule has 0 spiro atoms. The van der Waals surface area contributed by atoms with E-state index in [-0.39, 0.29) is 5.91 Å². The van der Waals surface area contributed by atoms with Gasteiger partial charge in [0.15, 0.2) is 0 Å². The second kappa shape index (κ2) is 11.3. The zero-order valence-electron chi connectivity index (χ0n) is 20.0. The van der Waals surface area contributed by atoms with E-state index in [1.54, 1.807) is 6.20 Å². The number of hydrogen-bond acceptors (Lipinski definition) is 6. The fourth-order valence-electron chi connectivity index (χ4n) is 3.57. The number of hydrogen-bond donors (Lipinski definition) is 4. The maximum absolute atomic E-state index is 12.6. The lowest BCUT2D eigenvalue weighted by Crippen LogP contribution is -2.37. The summed E-state index contributed by atoms with van der Waals surface area (Å²) in [4.78, 5) is 21.6. The summed E-state index contributed by atoms with van der Waals surface area (Å²) in [5.41, 5.74) is 11.9. The van der Waals surface area contributed by atoms with Crippen LogP contribution in [0.2, 0.25) is 0 Å². The number of benzene rings is 3. The highest BCUT2D eigenvalue weighted by Gasteiger charge is 2.14. The zero-order valence-corrected chi connectivity index (χ0v) is 20.0. The minimum Gasteiger partial charge on any atom is -0.366 e. The minimum atomic E-state index is -0.642. The topological polar surface area (TPSA) is 105 Å². The number of nitrogens with two attached hydrogens (primary N) is 1. The molecular weight excluding hydrogens is 435 g/mol. The van der Waals surface area contributed by atoms with Gasteiger partial charge in [-0.3, -0.25) is 4.79 Å². The van der Waals surface area contributed by atoms with Gasteiger partial charge in [-0.2, -0.15) is 4.98 Å². The smallest absolute Gasteiger partial charge is 0.241 e. The molecule has 0 aliphatic carbocycles. The van der Waals surface area contributed by atoms with E-state index < -0.39 is 6.04 Å². The number of amides is 1. The van der Waals surface area contributed by atoms with Crippen LogP contribution in [-0.4, -0.2) is 29.8 Å². The molecule has 0 saturated heterocycles. The van der Waals surface area contributed by atoms with Gasteiger partial charge >= 0.3 is 0 Å². The van der Waals surface area contributed by atoms with Gasteiger partial charge in [0.05, 0.1) is 6.04 Å². The summed E-state index contributed by atoms with van der Waals surface area (Å²) < 4.78 is 0. The van der Waals surface area contributed by atoms with Crippen LogP contribution >= 0.6 is 0 Å². The molecule has 0 aliphatic rings. The molecule has 0 fully saturated rings. The van der Waals surface area contributed by atoms with Crippen LogP contribution in [0.3, 0.4) is 0 Å². The van der Waals surface area contributed by atoms with Crippen LogP contribution < -0.4 is 27.1 Å². The molecule has 1 unspecified atom stereocenters. The van der Waals surface area contributed by atoms with Crippen molar-refractivity contribution in [2.45, 2.75) is 25.9 Å². The van der Waals surface area contributed by atoms with Crippen molar-refractivity contribution < 1.29 is 4.79 Å². The second-order valence-electron chi connectivity index (χ2n) is 8.56. The minimum absolute atomic E-state index is 0.236. The van der Waals surface area contributed by atoms with E-state index >= 15 is 0 Å². The summed E-state index contributed by atoms with van der Waals surface area (Å²) in [6.45, 7) is 2.74. The van der Waals surface area contributed by atoms with Crippen molar-refractivity contribution in [3.05, 3.63) is 102 Å². The Labute approximate surface area is 206 Å². The molecular formula is C27H29BN6O. The fraction of sp³-hybridized carbons (Fsp3) is 0.148. The SMILES string of the molecule is Bc1cnc(Nc2cccc(NC(=O)C(N)Cc3ccccc3)c2)nc1NCc1ccc(C)cc1. The van der Waals surface area contributed by atoms with Crippen molar-refractivity contribution in [2.24, 2.45) is 5.73 Å². The first-order valence-electron chi connectivity index (χ1n) is 11.6. The number of aromatic nitrogens is 2. The number of carbonyl (C=O) groups is 1. The molecule has 0 radical (unpaired) electrons. The first-order chi connectivity index (χ1) is 17.0. The lowest BCUT2D eigenvalue weighted by molar-refractivity contribution is -0.117. The van der Waals surface area contributed by atoms with Crippen molar-refractivity contribution in [1.82, 2.24) is 9.97 Å². The molecule has 0 aliphatic heterocycles. The van der Waals surface area contributed by atoms with Crippen LogP contribution in [0.4, 0.5) is 23.1 Å². The number of aryl methyl sites for hydroxylation is 1. The third-order valence-electron chi connectivity index (χ3n) is 5.57. The fourth-order valence-corrected chi connectivity index (χ4v) is 3.57. The largest absolute Gasteiger partial charge is 0.366 e. The predicted molar refractivity (Wildman–Crippen MR) is 145 cm³/mol. The van der Waals surface area contributed by atoms with Gasteiger partial charge in [0.25, 0.3) is 0 Å². The molecule has 8 heteroatoms. The molecule has 0 bridgehead atoms. The van der Waals surface area contributed by atoms with Gasteiger partial charge in [0, 0.05) is 24.1 Å². The summed E-state index contributed by atoms with van der Waals surface area (Å²) in [6, 6.07) is 24.9. The highest BCUT2D eigenvalue weighted by atomic mass is 16.2.